The van der Waals surface area contributed by atoms with Crippen LogP contribution in [0.4, 0.5) is 0 Å². The highest BCUT2D eigenvalue weighted by atomic mass is 32.2. The van der Waals surface area contributed by atoms with Crippen LogP contribution in [0.25, 0.3) is 22.4 Å². The van der Waals surface area contributed by atoms with Crippen LogP contribution in [0.1, 0.15) is 36.5 Å². The van der Waals surface area contributed by atoms with Crippen molar-refractivity contribution in [3.8, 4) is 17.2 Å². The van der Waals surface area contributed by atoms with Gasteiger partial charge >= 0.3 is 5.63 Å². The van der Waals surface area contributed by atoms with Crippen molar-refractivity contribution in [1.82, 2.24) is 10.2 Å². The SMILES string of the molecule is COc1ccc(-c2nnc(SCc3cc(=O)oc4cc(C)c(C(C)C)cc34)o2)cc1. The van der Waals surface area contributed by atoms with Crippen LogP contribution in [-0.2, 0) is 5.75 Å². The molecule has 0 saturated carbocycles. The highest BCUT2D eigenvalue weighted by Gasteiger charge is 2.14. The Kier molecular flexibility index (Phi) is 5.63. The molecule has 0 N–H and O–H groups in total. The molecule has 4 rings (SSSR count). The van der Waals surface area contributed by atoms with Crippen LogP contribution in [0, 0.1) is 6.92 Å². The van der Waals surface area contributed by atoms with Gasteiger partial charge in [-0.25, -0.2) is 4.79 Å². The van der Waals surface area contributed by atoms with Gasteiger partial charge in [0.2, 0.25) is 5.89 Å². The summed E-state index contributed by atoms with van der Waals surface area (Å²) in [5.41, 5.74) is 4.30. The maximum Gasteiger partial charge on any atom is 0.336 e. The van der Waals surface area contributed by atoms with Crippen molar-refractivity contribution in [2.45, 2.75) is 37.7 Å². The van der Waals surface area contributed by atoms with Gasteiger partial charge in [-0.2, -0.15) is 0 Å². The third-order valence-electron chi connectivity index (χ3n) is 4.93. The molecule has 0 aliphatic carbocycles. The largest absolute Gasteiger partial charge is 0.497 e. The Morgan fingerprint density at radius 1 is 1.07 bits per heavy atom. The number of methoxy groups -OCH3 is 1. The van der Waals surface area contributed by atoms with Gasteiger partial charge in [-0.15, -0.1) is 10.2 Å². The standard InChI is InChI=1S/C23H22N2O4S/c1-13(2)18-11-19-16(10-21(26)28-20(19)9-14(18)3)12-30-23-25-24-22(29-23)15-5-7-17(27-4)8-6-15/h5-11,13H,12H2,1-4H3. The summed E-state index contributed by atoms with van der Waals surface area (Å²) in [4.78, 5) is 12.0. The Labute approximate surface area is 178 Å². The molecule has 0 bridgehead atoms. The Bertz CT molecular complexity index is 1240. The second-order valence-electron chi connectivity index (χ2n) is 7.34. The molecule has 0 fully saturated rings. The van der Waals surface area contributed by atoms with Crippen LogP contribution in [-0.4, -0.2) is 17.3 Å². The van der Waals surface area contributed by atoms with E-state index in [4.69, 9.17) is 13.6 Å². The minimum absolute atomic E-state index is 0.362. The van der Waals surface area contributed by atoms with E-state index >= 15 is 0 Å². The number of aromatic nitrogens is 2. The Hall–Kier alpha value is -3.06. The zero-order valence-corrected chi connectivity index (χ0v) is 18.1. The predicted molar refractivity (Wildman–Crippen MR) is 117 cm³/mol. The summed E-state index contributed by atoms with van der Waals surface area (Å²) in [6.45, 7) is 6.34. The van der Waals surface area contributed by atoms with E-state index < -0.39 is 0 Å². The highest BCUT2D eigenvalue weighted by Crippen LogP contribution is 2.31. The first-order valence-electron chi connectivity index (χ1n) is 9.62. The molecule has 0 atom stereocenters. The lowest BCUT2D eigenvalue weighted by molar-refractivity contribution is 0.414. The normalized spacial score (nSPS) is 11.4. The summed E-state index contributed by atoms with van der Waals surface area (Å²) in [6.07, 6.45) is 0. The zero-order chi connectivity index (χ0) is 21.3. The number of nitrogens with zero attached hydrogens (tertiary/aromatic N) is 2. The van der Waals surface area contributed by atoms with Crippen molar-refractivity contribution < 1.29 is 13.6 Å². The number of rotatable bonds is 6. The maximum absolute atomic E-state index is 12.0. The second kappa shape index (κ2) is 8.36. The van der Waals surface area contributed by atoms with Crippen LogP contribution >= 0.6 is 11.8 Å². The lowest BCUT2D eigenvalue weighted by atomic mass is 9.95. The van der Waals surface area contributed by atoms with Crippen LogP contribution in [0.2, 0.25) is 0 Å². The van der Waals surface area contributed by atoms with E-state index in [-0.39, 0.29) is 5.63 Å². The predicted octanol–water partition coefficient (Wildman–Crippen LogP) is 5.58. The number of hydrogen-bond acceptors (Lipinski definition) is 7. The van der Waals surface area contributed by atoms with Crippen molar-refractivity contribution in [2.75, 3.05) is 7.11 Å². The van der Waals surface area contributed by atoms with E-state index in [9.17, 15) is 4.79 Å². The molecule has 4 aromatic rings. The molecule has 0 unspecified atom stereocenters. The molecule has 7 heteroatoms. The van der Waals surface area contributed by atoms with Crippen molar-refractivity contribution in [3.63, 3.8) is 0 Å². The molecule has 0 spiro atoms. The van der Waals surface area contributed by atoms with Gasteiger partial charge in [-0.1, -0.05) is 25.6 Å². The first-order valence-corrected chi connectivity index (χ1v) is 10.6. The summed E-state index contributed by atoms with van der Waals surface area (Å²) in [5, 5.41) is 9.63. The van der Waals surface area contributed by atoms with Crippen LogP contribution in [0.3, 0.4) is 0 Å². The fourth-order valence-corrected chi connectivity index (χ4v) is 4.14. The molecule has 2 aromatic heterocycles. The zero-order valence-electron chi connectivity index (χ0n) is 17.3. The lowest BCUT2D eigenvalue weighted by Gasteiger charge is -2.12. The molecular weight excluding hydrogens is 400 g/mol. The van der Waals surface area contributed by atoms with Crippen molar-refractivity contribution >= 4 is 22.7 Å². The second-order valence-corrected chi connectivity index (χ2v) is 8.27. The third kappa shape index (κ3) is 4.11. The smallest absolute Gasteiger partial charge is 0.336 e. The number of hydrogen-bond donors (Lipinski definition) is 0. The molecule has 2 aromatic carbocycles. The molecular formula is C23H22N2O4S. The van der Waals surface area contributed by atoms with Gasteiger partial charge in [0.05, 0.1) is 7.11 Å². The van der Waals surface area contributed by atoms with Gasteiger partial charge in [0, 0.05) is 22.8 Å². The minimum atomic E-state index is -0.362. The molecule has 2 heterocycles. The average molecular weight is 423 g/mol. The van der Waals surface area contributed by atoms with Crippen molar-refractivity contribution in [2.24, 2.45) is 0 Å². The van der Waals surface area contributed by atoms with E-state index in [1.165, 1.54) is 23.4 Å². The molecule has 0 radical (unpaired) electrons. The fraction of sp³-hybridized carbons (Fsp3) is 0.261. The molecule has 154 valence electrons. The van der Waals surface area contributed by atoms with E-state index in [0.717, 1.165) is 27.8 Å². The summed E-state index contributed by atoms with van der Waals surface area (Å²) in [7, 11) is 1.62. The van der Waals surface area contributed by atoms with E-state index in [0.29, 0.717) is 28.4 Å². The highest BCUT2D eigenvalue weighted by molar-refractivity contribution is 7.98. The van der Waals surface area contributed by atoms with Crippen LogP contribution in [0.15, 0.2) is 61.3 Å². The summed E-state index contributed by atoms with van der Waals surface area (Å²) in [6, 6.07) is 13.0. The number of benzene rings is 2. The van der Waals surface area contributed by atoms with Gasteiger partial charge < -0.3 is 13.6 Å². The molecule has 0 saturated heterocycles. The number of ether oxygens (including phenoxy) is 1. The minimum Gasteiger partial charge on any atom is -0.497 e. The lowest BCUT2D eigenvalue weighted by Crippen LogP contribution is -2.02. The van der Waals surface area contributed by atoms with Crippen LogP contribution < -0.4 is 10.4 Å². The van der Waals surface area contributed by atoms with Crippen molar-refractivity contribution in [3.05, 3.63) is 69.6 Å². The molecule has 0 amide bonds. The van der Waals surface area contributed by atoms with Gasteiger partial charge in [-0.05, 0) is 65.9 Å². The summed E-state index contributed by atoms with van der Waals surface area (Å²) < 4.78 is 16.4. The van der Waals surface area contributed by atoms with Gasteiger partial charge in [-0.3, -0.25) is 0 Å². The Morgan fingerprint density at radius 2 is 1.83 bits per heavy atom. The van der Waals surface area contributed by atoms with Gasteiger partial charge in [0.15, 0.2) is 0 Å². The fourth-order valence-electron chi connectivity index (χ4n) is 3.39. The topological polar surface area (TPSA) is 78.4 Å². The first kappa shape index (κ1) is 20.2. The quantitative estimate of drug-likeness (QED) is 0.297. The Balaban J connectivity index is 1.60. The van der Waals surface area contributed by atoms with E-state index in [2.05, 4.69) is 30.1 Å². The Morgan fingerprint density at radius 3 is 2.53 bits per heavy atom. The summed E-state index contributed by atoms with van der Waals surface area (Å²) in [5.74, 6) is 2.10. The van der Waals surface area contributed by atoms with Gasteiger partial charge in [0.25, 0.3) is 5.22 Å². The molecule has 0 aliphatic rings. The van der Waals surface area contributed by atoms with E-state index in [1.54, 1.807) is 7.11 Å². The van der Waals surface area contributed by atoms with Gasteiger partial charge in [0.1, 0.15) is 11.3 Å². The molecule has 30 heavy (non-hydrogen) atoms. The van der Waals surface area contributed by atoms with Crippen molar-refractivity contribution in [1.29, 1.82) is 0 Å². The number of thioether (sulfide) groups is 1. The molecule has 6 nitrogen and oxygen atoms in total. The molecule has 0 aliphatic heterocycles. The van der Waals surface area contributed by atoms with E-state index in [1.807, 2.05) is 37.3 Å². The first-order chi connectivity index (χ1) is 14.4. The number of aryl methyl sites for hydroxylation is 1. The maximum atomic E-state index is 12.0. The number of fused-ring (bicyclic) bond motifs is 1. The monoisotopic (exact) mass is 422 g/mol. The summed E-state index contributed by atoms with van der Waals surface area (Å²) >= 11 is 1.39. The third-order valence-corrected chi connectivity index (χ3v) is 5.80. The van der Waals surface area contributed by atoms with Crippen LogP contribution in [0.5, 0.6) is 5.75 Å². The average Bonchev–Trinajstić information content (AvgIpc) is 3.20.